The molecule has 0 fully saturated rings. The van der Waals surface area contributed by atoms with Crippen LogP contribution in [0.4, 0.5) is 5.95 Å². The number of nitrogens with zero attached hydrogens (tertiary/aromatic N) is 3. The lowest BCUT2D eigenvalue weighted by molar-refractivity contribution is -0.123. The van der Waals surface area contributed by atoms with E-state index in [0.29, 0.717) is 5.75 Å². The van der Waals surface area contributed by atoms with Crippen molar-refractivity contribution in [1.82, 2.24) is 20.4 Å². The van der Waals surface area contributed by atoms with Crippen LogP contribution >= 0.6 is 0 Å². The Bertz CT molecular complexity index is 1240. The fraction of sp³-hybridized carbons (Fsp3) is 0.130. The Kier molecular flexibility index (Phi) is 5.61. The molecular formula is C23H22N6O2. The molecule has 2 aromatic carbocycles. The van der Waals surface area contributed by atoms with Crippen LogP contribution in [0.25, 0.3) is 22.0 Å². The number of carbonyl (C=O) groups excluding carboxylic acids is 1. The van der Waals surface area contributed by atoms with E-state index in [1.165, 1.54) is 0 Å². The first kappa shape index (κ1) is 20.1. The molecular weight excluding hydrogens is 392 g/mol. The van der Waals surface area contributed by atoms with E-state index in [9.17, 15) is 4.79 Å². The van der Waals surface area contributed by atoms with Crippen molar-refractivity contribution in [2.45, 2.75) is 13.8 Å². The molecule has 31 heavy (non-hydrogen) atoms. The Morgan fingerprint density at radius 3 is 2.61 bits per heavy atom. The monoisotopic (exact) mass is 414 g/mol. The minimum atomic E-state index is -0.341. The average Bonchev–Trinajstić information content (AvgIpc) is 3.21. The quantitative estimate of drug-likeness (QED) is 0.330. The lowest BCUT2D eigenvalue weighted by Crippen LogP contribution is -2.25. The standard InChI is InChI=1S/C23H22N6O2/c1-14-7-18(19-11-26-23(24)27-12-19)8-15(2)22(14)31-13-21(30)29-28-10-16-3-4-17-5-6-25-20(17)9-16/h3-12,25H,13H2,1-2H3,(H,29,30)(H2,24,26,27). The predicted octanol–water partition coefficient (Wildman–Crippen LogP) is 3.35. The van der Waals surface area contributed by atoms with Crippen LogP contribution in [0.3, 0.4) is 0 Å². The number of nitrogen functional groups attached to an aromatic ring is 1. The highest BCUT2D eigenvalue weighted by Crippen LogP contribution is 2.29. The molecule has 1 amide bonds. The Morgan fingerprint density at radius 1 is 1.13 bits per heavy atom. The van der Waals surface area contributed by atoms with E-state index in [-0.39, 0.29) is 18.5 Å². The van der Waals surface area contributed by atoms with Crippen LogP contribution < -0.4 is 15.9 Å². The molecule has 0 radical (unpaired) electrons. The molecule has 4 N–H and O–H groups in total. The van der Waals surface area contributed by atoms with Crippen molar-refractivity contribution in [3.8, 4) is 16.9 Å². The van der Waals surface area contributed by atoms with Gasteiger partial charge in [-0.05, 0) is 65.8 Å². The van der Waals surface area contributed by atoms with Crippen molar-refractivity contribution in [2.75, 3.05) is 12.3 Å². The number of hydrogen-bond acceptors (Lipinski definition) is 6. The molecule has 0 saturated carbocycles. The molecule has 156 valence electrons. The molecule has 4 rings (SSSR count). The number of aromatic nitrogens is 3. The highest BCUT2D eigenvalue weighted by molar-refractivity contribution is 5.89. The van der Waals surface area contributed by atoms with Crippen molar-refractivity contribution in [2.24, 2.45) is 5.10 Å². The van der Waals surface area contributed by atoms with Gasteiger partial charge in [-0.3, -0.25) is 4.79 Å². The fourth-order valence-corrected chi connectivity index (χ4v) is 3.33. The molecule has 0 saturated heterocycles. The van der Waals surface area contributed by atoms with Gasteiger partial charge in [0.25, 0.3) is 5.91 Å². The first-order valence-corrected chi connectivity index (χ1v) is 9.70. The molecule has 0 unspecified atom stereocenters. The molecule has 0 spiro atoms. The Labute approximate surface area is 179 Å². The van der Waals surface area contributed by atoms with Crippen molar-refractivity contribution in [3.05, 3.63) is 71.7 Å². The average molecular weight is 414 g/mol. The predicted molar refractivity (Wildman–Crippen MR) is 121 cm³/mol. The number of nitrogens with one attached hydrogen (secondary N) is 2. The van der Waals surface area contributed by atoms with Crippen molar-refractivity contribution >= 4 is 29.0 Å². The number of fused-ring (bicyclic) bond motifs is 1. The lowest BCUT2D eigenvalue weighted by atomic mass is 10.0. The van der Waals surface area contributed by atoms with Crippen LogP contribution in [0.15, 0.2) is 60.1 Å². The zero-order chi connectivity index (χ0) is 21.8. The number of aryl methyl sites for hydroxylation is 2. The van der Waals surface area contributed by atoms with E-state index in [2.05, 4.69) is 25.5 Å². The van der Waals surface area contributed by atoms with E-state index in [1.54, 1.807) is 18.6 Å². The molecule has 2 heterocycles. The van der Waals surface area contributed by atoms with Gasteiger partial charge in [-0.2, -0.15) is 5.10 Å². The summed E-state index contributed by atoms with van der Waals surface area (Å²) in [6.45, 7) is 3.71. The van der Waals surface area contributed by atoms with Crippen LogP contribution in [0.1, 0.15) is 16.7 Å². The largest absolute Gasteiger partial charge is 0.483 e. The molecule has 0 aliphatic rings. The third-order valence-electron chi connectivity index (χ3n) is 4.80. The van der Waals surface area contributed by atoms with Crippen LogP contribution in [0.5, 0.6) is 5.75 Å². The van der Waals surface area contributed by atoms with E-state index in [4.69, 9.17) is 10.5 Å². The van der Waals surface area contributed by atoms with E-state index in [1.807, 2.05) is 56.4 Å². The van der Waals surface area contributed by atoms with E-state index >= 15 is 0 Å². The summed E-state index contributed by atoms with van der Waals surface area (Å²) >= 11 is 0. The maximum atomic E-state index is 12.1. The van der Waals surface area contributed by atoms with Gasteiger partial charge < -0.3 is 15.5 Å². The highest BCUT2D eigenvalue weighted by atomic mass is 16.5. The first-order valence-electron chi connectivity index (χ1n) is 9.70. The van der Waals surface area contributed by atoms with Crippen LogP contribution in [-0.4, -0.2) is 33.7 Å². The topological polar surface area (TPSA) is 118 Å². The van der Waals surface area contributed by atoms with E-state index < -0.39 is 0 Å². The summed E-state index contributed by atoms with van der Waals surface area (Å²) in [6, 6.07) is 11.8. The number of H-pyrrole nitrogens is 1. The summed E-state index contributed by atoms with van der Waals surface area (Å²) in [5.41, 5.74) is 13.6. The van der Waals surface area contributed by atoms with Crippen molar-refractivity contribution < 1.29 is 9.53 Å². The fourth-order valence-electron chi connectivity index (χ4n) is 3.33. The van der Waals surface area contributed by atoms with Gasteiger partial charge in [0.05, 0.1) is 6.21 Å². The number of ether oxygens (including phenoxy) is 1. The maximum Gasteiger partial charge on any atom is 0.277 e. The number of anilines is 1. The van der Waals surface area contributed by atoms with Gasteiger partial charge in [-0.15, -0.1) is 0 Å². The molecule has 4 aromatic rings. The molecule has 2 aromatic heterocycles. The minimum Gasteiger partial charge on any atom is -0.483 e. The second-order valence-electron chi connectivity index (χ2n) is 7.18. The Balaban J connectivity index is 1.36. The van der Waals surface area contributed by atoms with Gasteiger partial charge in [-0.1, -0.05) is 12.1 Å². The van der Waals surface area contributed by atoms with Gasteiger partial charge in [0, 0.05) is 29.7 Å². The Morgan fingerprint density at radius 2 is 1.87 bits per heavy atom. The normalized spacial score (nSPS) is 11.2. The summed E-state index contributed by atoms with van der Waals surface area (Å²) in [4.78, 5) is 23.3. The van der Waals surface area contributed by atoms with Gasteiger partial charge in [0.1, 0.15) is 5.75 Å². The van der Waals surface area contributed by atoms with Crippen molar-refractivity contribution in [1.29, 1.82) is 0 Å². The third-order valence-corrected chi connectivity index (χ3v) is 4.80. The van der Waals surface area contributed by atoms with Gasteiger partial charge in [0.15, 0.2) is 6.61 Å². The van der Waals surface area contributed by atoms with Crippen LogP contribution in [0.2, 0.25) is 0 Å². The summed E-state index contributed by atoms with van der Waals surface area (Å²) in [6.07, 6.45) is 6.83. The maximum absolute atomic E-state index is 12.1. The summed E-state index contributed by atoms with van der Waals surface area (Å²) in [5, 5.41) is 5.13. The number of amides is 1. The number of aromatic amines is 1. The molecule has 8 nitrogen and oxygen atoms in total. The lowest BCUT2D eigenvalue weighted by Gasteiger charge is -2.13. The second kappa shape index (κ2) is 8.66. The number of hydrogen-bond donors (Lipinski definition) is 3. The number of nitrogens with two attached hydrogens (primary N) is 1. The number of carbonyl (C=O) groups is 1. The van der Waals surface area contributed by atoms with Crippen LogP contribution in [0, 0.1) is 13.8 Å². The zero-order valence-electron chi connectivity index (χ0n) is 17.2. The molecule has 0 aliphatic carbocycles. The first-order chi connectivity index (χ1) is 15.0. The molecule has 0 aliphatic heterocycles. The van der Waals surface area contributed by atoms with Crippen LogP contribution in [-0.2, 0) is 4.79 Å². The number of rotatable bonds is 6. The number of benzene rings is 2. The number of hydrazone groups is 1. The zero-order valence-corrected chi connectivity index (χ0v) is 17.2. The SMILES string of the molecule is Cc1cc(-c2cnc(N)nc2)cc(C)c1OCC(=O)NN=Cc1ccc2cc[nH]c2c1. The smallest absolute Gasteiger partial charge is 0.277 e. The molecule has 8 heteroatoms. The van der Waals surface area contributed by atoms with Gasteiger partial charge in [-0.25, -0.2) is 15.4 Å². The Hall–Kier alpha value is -4.20. The van der Waals surface area contributed by atoms with Gasteiger partial charge >= 0.3 is 0 Å². The molecule has 0 bridgehead atoms. The second-order valence-corrected chi connectivity index (χ2v) is 7.18. The highest BCUT2D eigenvalue weighted by Gasteiger charge is 2.10. The van der Waals surface area contributed by atoms with E-state index in [0.717, 1.165) is 38.7 Å². The third kappa shape index (κ3) is 4.69. The molecule has 0 atom stereocenters. The summed E-state index contributed by atoms with van der Waals surface area (Å²) in [7, 11) is 0. The van der Waals surface area contributed by atoms with Crippen molar-refractivity contribution in [3.63, 3.8) is 0 Å². The summed E-state index contributed by atoms with van der Waals surface area (Å²) in [5.74, 6) is 0.555. The van der Waals surface area contributed by atoms with Gasteiger partial charge in [0.2, 0.25) is 5.95 Å². The minimum absolute atomic E-state index is 0.140. The summed E-state index contributed by atoms with van der Waals surface area (Å²) < 4.78 is 5.75.